The van der Waals surface area contributed by atoms with Gasteiger partial charge >= 0.3 is 5.69 Å². The van der Waals surface area contributed by atoms with Gasteiger partial charge in [-0.1, -0.05) is 6.07 Å². The van der Waals surface area contributed by atoms with Crippen LogP contribution in [0.25, 0.3) is 16.7 Å². The zero-order valence-corrected chi connectivity index (χ0v) is 16.8. The van der Waals surface area contributed by atoms with Crippen molar-refractivity contribution in [3.8, 4) is 17.2 Å². The van der Waals surface area contributed by atoms with Crippen molar-refractivity contribution < 1.29 is 18.7 Å². The van der Waals surface area contributed by atoms with Crippen molar-refractivity contribution in [2.24, 2.45) is 7.05 Å². The fourth-order valence-corrected chi connectivity index (χ4v) is 3.70. The number of halogens is 1. The van der Waals surface area contributed by atoms with E-state index in [1.807, 2.05) is 0 Å². The molecule has 162 valence electrons. The monoisotopic (exact) mass is 436 g/mol. The summed E-state index contributed by atoms with van der Waals surface area (Å²) in [6.45, 7) is 0.368. The van der Waals surface area contributed by atoms with Crippen molar-refractivity contribution >= 4 is 16.9 Å². The summed E-state index contributed by atoms with van der Waals surface area (Å²) in [6.07, 6.45) is 1.48. The van der Waals surface area contributed by atoms with Crippen LogP contribution in [0.5, 0.6) is 11.5 Å². The number of aryl methyl sites for hydroxylation is 1. The third kappa shape index (κ3) is 3.22. The lowest BCUT2D eigenvalue weighted by atomic mass is 10.2. The van der Waals surface area contributed by atoms with Crippen LogP contribution in [0.3, 0.4) is 0 Å². The van der Waals surface area contributed by atoms with E-state index in [9.17, 15) is 18.8 Å². The Morgan fingerprint density at radius 2 is 1.88 bits per heavy atom. The van der Waals surface area contributed by atoms with E-state index in [4.69, 9.17) is 9.47 Å². The molecule has 0 saturated heterocycles. The van der Waals surface area contributed by atoms with E-state index in [1.54, 1.807) is 25.2 Å². The highest BCUT2D eigenvalue weighted by molar-refractivity contribution is 6.05. The molecule has 0 atom stereocenters. The molecular formula is C22H17FN4O5. The Bertz CT molecular complexity index is 1480. The van der Waals surface area contributed by atoms with Crippen LogP contribution in [0.2, 0.25) is 0 Å². The van der Waals surface area contributed by atoms with Gasteiger partial charge in [-0.3, -0.25) is 9.59 Å². The molecule has 2 aromatic heterocycles. The number of nitrogens with one attached hydrogen (secondary N) is 2. The molecule has 0 saturated carbocycles. The lowest BCUT2D eigenvalue weighted by Gasteiger charge is -2.07. The summed E-state index contributed by atoms with van der Waals surface area (Å²) >= 11 is 0. The lowest BCUT2D eigenvalue weighted by molar-refractivity contribution is 0.0952. The van der Waals surface area contributed by atoms with Crippen molar-refractivity contribution in [3.63, 3.8) is 0 Å². The molecule has 1 aliphatic heterocycles. The molecule has 4 aromatic rings. The van der Waals surface area contributed by atoms with Gasteiger partial charge in [-0.05, 0) is 42.0 Å². The molecule has 0 spiro atoms. The third-order valence-corrected chi connectivity index (χ3v) is 5.24. The summed E-state index contributed by atoms with van der Waals surface area (Å²) in [5.41, 5.74) is 0.0947. The van der Waals surface area contributed by atoms with E-state index in [0.29, 0.717) is 11.5 Å². The number of carbonyl (C=O) groups excluding carboxylic acids is 1. The Kier molecular flexibility index (Phi) is 4.54. The molecule has 0 aliphatic carbocycles. The van der Waals surface area contributed by atoms with Crippen LogP contribution in [0.15, 0.2) is 58.3 Å². The van der Waals surface area contributed by atoms with Crippen LogP contribution in [0.4, 0.5) is 4.39 Å². The average Bonchev–Trinajstić information content (AvgIpc) is 3.37. The summed E-state index contributed by atoms with van der Waals surface area (Å²) in [7, 11) is 1.60. The molecule has 2 aromatic carbocycles. The second-order valence-electron chi connectivity index (χ2n) is 7.29. The van der Waals surface area contributed by atoms with Gasteiger partial charge in [0.25, 0.3) is 11.5 Å². The second-order valence-corrected chi connectivity index (χ2v) is 7.29. The van der Waals surface area contributed by atoms with Crippen LogP contribution in [0, 0.1) is 5.82 Å². The van der Waals surface area contributed by atoms with Crippen molar-refractivity contribution in [3.05, 3.63) is 86.4 Å². The van der Waals surface area contributed by atoms with E-state index in [0.717, 1.165) is 22.3 Å². The fraction of sp³-hybridized carbons (Fsp3) is 0.136. The van der Waals surface area contributed by atoms with Crippen molar-refractivity contribution in [2.45, 2.75) is 6.54 Å². The molecule has 0 radical (unpaired) electrons. The molecule has 3 heterocycles. The predicted molar refractivity (Wildman–Crippen MR) is 113 cm³/mol. The topological polar surface area (TPSA) is 107 Å². The standard InChI is InChI=1S/C22H17FN4O5/c1-26-10-15(20(28)24-9-12-2-7-16-17(8-12)32-11-31-16)18-19(26)21(29)27(22(30)25-18)14-5-3-13(23)4-6-14/h2-8,10H,9,11H2,1H3,(H,24,28)(H,25,30). The molecule has 0 fully saturated rings. The summed E-state index contributed by atoms with van der Waals surface area (Å²) in [6, 6.07) is 10.3. The number of aromatic nitrogens is 3. The smallest absolute Gasteiger partial charge is 0.333 e. The van der Waals surface area contributed by atoms with E-state index in [2.05, 4.69) is 10.3 Å². The number of hydrogen-bond donors (Lipinski definition) is 2. The molecule has 9 nitrogen and oxygen atoms in total. The molecule has 5 rings (SSSR count). The van der Waals surface area contributed by atoms with Gasteiger partial charge in [0.05, 0.1) is 16.8 Å². The zero-order chi connectivity index (χ0) is 22.4. The van der Waals surface area contributed by atoms with Gasteiger partial charge in [-0.15, -0.1) is 0 Å². The minimum Gasteiger partial charge on any atom is -0.454 e. The Labute approximate surface area is 179 Å². The number of rotatable bonds is 4. The highest BCUT2D eigenvalue weighted by atomic mass is 19.1. The highest BCUT2D eigenvalue weighted by Crippen LogP contribution is 2.32. The third-order valence-electron chi connectivity index (χ3n) is 5.24. The maximum Gasteiger partial charge on any atom is 0.333 e. The quantitative estimate of drug-likeness (QED) is 0.508. The van der Waals surface area contributed by atoms with Gasteiger partial charge in [0.2, 0.25) is 6.79 Å². The summed E-state index contributed by atoms with van der Waals surface area (Å²) in [4.78, 5) is 41.2. The van der Waals surface area contributed by atoms with Gasteiger partial charge in [-0.2, -0.15) is 0 Å². The van der Waals surface area contributed by atoms with E-state index >= 15 is 0 Å². The van der Waals surface area contributed by atoms with Crippen molar-refractivity contribution in [1.82, 2.24) is 19.4 Å². The maximum atomic E-state index is 13.2. The van der Waals surface area contributed by atoms with E-state index in [-0.39, 0.29) is 35.6 Å². The highest BCUT2D eigenvalue weighted by Gasteiger charge is 2.20. The average molecular weight is 436 g/mol. The number of ether oxygens (including phenoxy) is 2. The second kappa shape index (κ2) is 7.41. The normalized spacial score (nSPS) is 12.3. The fourth-order valence-electron chi connectivity index (χ4n) is 3.70. The van der Waals surface area contributed by atoms with Gasteiger partial charge < -0.3 is 24.3 Å². The van der Waals surface area contributed by atoms with Crippen LogP contribution in [0.1, 0.15) is 15.9 Å². The summed E-state index contributed by atoms with van der Waals surface area (Å²) in [5.74, 6) is 0.305. The van der Waals surface area contributed by atoms with Crippen LogP contribution >= 0.6 is 0 Å². The van der Waals surface area contributed by atoms with Gasteiger partial charge in [-0.25, -0.2) is 13.8 Å². The van der Waals surface area contributed by atoms with Gasteiger partial charge in [0.1, 0.15) is 11.3 Å². The lowest BCUT2D eigenvalue weighted by Crippen LogP contribution is -2.34. The minimum atomic E-state index is -0.731. The molecule has 1 amide bonds. The molecule has 32 heavy (non-hydrogen) atoms. The minimum absolute atomic E-state index is 0.129. The Morgan fingerprint density at radius 3 is 2.66 bits per heavy atom. The largest absolute Gasteiger partial charge is 0.454 e. The number of carbonyl (C=O) groups is 1. The molecule has 10 heteroatoms. The van der Waals surface area contributed by atoms with Crippen LogP contribution < -0.4 is 26.0 Å². The molecule has 0 bridgehead atoms. The number of nitrogens with zero attached hydrogens (tertiary/aromatic N) is 2. The van der Waals surface area contributed by atoms with Gasteiger partial charge in [0, 0.05) is 19.8 Å². The number of benzene rings is 2. The Hall–Kier alpha value is -4.34. The van der Waals surface area contributed by atoms with Gasteiger partial charge in [0.15, 0.2) is 11.5 Å². The van der Waals surface area contributed by atoms with E-state index in [1.165, 1.54) is 22.9 Å². The van der Waals surface area contributed by atoms with Crippen molar-refractivity contribution in [1.29, 1.82) is 0 Å². The Morgan fingerprint density at radius 1 is 1.12 bits per heavy atom. The number of H-pyrrole nitrogens is 1. The molecule has 0 unspecified atom stereocenters. The number of aromatic amines is 1. The first-order valence-electron chi connectivity index (χ1n) is 9.69. The molecular weight excluding hydrogens is 419 g/mol. The molecule has 2 N–H and O–H groups in total. The summed E-state index contributed by atoms with van der Waals surface area (Å²) in [5, 5.41) is 2.78. The summed E-state index contributed by atoms with van der Waals surface area (Å²) < 4.78 is 26.2. The first-order chi connectivity index (χ1) is 15.4. The number of fused-ring (bicyclic) bond motifs is 2. The maximum absolute atomic E-state index is 13.2. The van der Waals surface area contributed by atoms with Crippen LogP contribution in [-0.2, 0) is 13.6 Å². The first-order valence-corrected chi connectivity index (χ1v) is 9.69. The Balaban J connectivity index is 1.48. The van der Waals surface area contributed by atoms with Crippen molar-refractivity contribution in [2.75, 3.05) is 6.79 Å². The van der Waals surface area contributed by atoms with Crippen LogP contribution in [-0.4, -0.2) is 26.8 Å². The number of hydrogen-bond acceptors (Lipinski definition) is 5. The SMILES string of the molecule is Cn1cc(C(=O)NCc2ccc3c(c2)OCO3)c2[nH]c(=O)n(-c3ccc(F)cc3)c(=O)c21. The number of amides is 1. The molecule has 1 aliphatic rings. The van der Waals surface area contributed by atoms with E-state index < -0.39 is 23.0 Å². The predicted octanol–water partition coefficient (Wildman–Crippen LogP) is 1.82. The first kappa shape index (κ1) is 19.6. The zero-order valence-electron chi connectivity index (χ0n) is 16.8.